The monoisotopic (exact) mass is 365 g/mol. The first-order valence-corrected chi connectivity index (χ1v) is 8.12. The minimum atomic E-state index is -0.457. The van der Waals surface area contributed by atoms with Crippen molar-refractivity contribution in [2.45, 2.75) is 0 Å². The number of nitrogens with zero attached hydrogens (tertiary/aromatic N) is 1. The van der Waals surface area contributed by atoms with Gasteiger partial charge in [0.2, 0.25) is 0 Å². The quantitative estimate of drug-likeness (QED) is 0.737. The first kappa shape index (κ1) is 16.6. The van der Waals surface area contributed by atoms with E-state index < -0.39 is 5.91 Å². The lowest BCUT2D eigenvalue weighted by Gasteiger charge is -2.20. The third-order valence-corrected chi connectivity index (χ3v) is 3.98. The second-order valence-corrected chi connectivity index (χ2v) is 5.78. The van der Waals surface area contributed by atoms with Gasteiger partial charge in [-0.15, -0.1) is 0 Å². The van der Waals surface area contributed by atoms with Gasteiger partial charge in [-0.1, -0.05) is 23.4 Å². The number of para-hydroxylation sites is 1. The van der Waals surface area contributed by atoms with Crippen molar-refractivity contribution in [1.82, 2.24) is 5.16 Å². The summed E-state index contributed by atoms with van der Waals surface area (Å²) in [6.45, 7) is -0.107. The van der Waals surface area contributed by atoms with Crippen molar-refractivity contribution in [3.63, 3.8) is 0 Å². The molecule has 0 saturated carbocycles. The Labute approximate surface area is 154 Å². The molecule has 136 valence electrons. The van der Waals surface area contributed by atoms with Crippen molar-refractivity contribution in [2.75, 3.05) is 24.4 Å². The molecule has 0 atom stereocenters. The number of methoxy groups -OCH3 is 1. The zero-order valence-electron chi connectivity index (χ0n) is 14.3. The highest BCUT2D eigenvalue weighted by atomic mass is 16.5. The molecular formula is C19H15N3O5. The number of nitrogens with one attached hydrogen (secondary N) is 2. The number of carbonyl (C=O) groups excluding carboxylic acids is 2. The Bertz CT molecular complexity index is 1030. The van der Waals surface area contributed by atoms with E-state index in [0.717, 1.165) is 5.56 Å². The molecular weight excluding hydrogens is 350 g/mol. The summed E-state index contributed by atoms with van der Waals surface area (Å²) < 4.78 is 15.9. The Balaban J connectivity index is 1.56. The second kappa shape index (κ2) is 6.83. The van der Waals surface area contributed by atoms with Crippen molar-refractivity contribution in [1.29, 1.82) is 0 Å². The van der Waals surface area contributed by atoms with Crippen molar-refractivity contribution in [3.8, 4) is 22.8 Å². The fourth-order valence-electron chi connectivity index (χ4n) is 2.69. The summed E-state index contributed by atoms with van der Waals surface area (Å²) in [5.41, 5.74) is 1.79. The van der Waals surface area contributed by atoms with Gasteiger partial charge in [0.1, 0.15) is 5.75 Å². The minimum absolute atomic E-state index is 0.107. The molecule has 0 bridgehead atoms. The fraction of sp³-hybridized carbons (Fsp3) is 0.105. The smallest absolute Gasteiger partial charge is 0.277 e. The zero-order valence-corrected chi connectivity index (χ0v) is 14.3. The van der Waals surface area contributed by atoms with Crippen LogP contribution in [0.4, 0.5) is 11.4 Å². The number of carbonyl (C=O) groups is 2. The third kappa shape index (κ3) is 3.32. The highest BCUT2D eigenvalue weighted by molar-refractivity contribution is 6.06. The van der Waals surface area contributed by atoms with E-state index in [1.807, 2.05) is 18.2 Å². The molecule has 3 aromatic rings. The van der Waals surface area contributed by atoms with E-state index >= 15 is 0 Å². The standard InChI is InChI=1S/C19H15N3O5/c1-25-12-5-2-4-11(8-12)16-9-15(22-27-16)19(24)21-14-7-3-6-13-18(14)26-10-17(23)20-13/h2-9H,10H2,1H3,(H,20,23)(H,21,24). The summed E-state index contributed by atoms with van der Waals surface area (Å²) >= 11 is 0. The highest BCUT2D eigenvalue weighted by Crippen LogP contribution is 2.35. The molecule has 1 aromatic heterocycles. The van der Waals surface area contributed by atoms with Crippen LogP contribution in [0.1, 0.15) is 10.5 Å². The van der Waals surface area contributed by atoms with Gasteiger partial charge in [-0.05, 0) is 24.3 Å². The molecule has 2 amide bonds. The summed E-state index contributed by atoms with van der Waals surface area (Å²) in [6.07, 6.45) is 0. The van der Waals surface area contributed by atoms with Gasteiger partial charge in [-0.3, -0.25) is 9.59 Å². The van der Waals surface area contributed by atoms with Crippen molar-refractivity contribution < 1.29 is 23.6 Å². The largest absolute Gasteiger partial charge is 0.497 e. The van der Waals surface area contributed by atoms with E-state index in [4.69, 9.17) is 14.0 Å². The van der Waals surface area contributed by atoms with Gasteiger partial charge in [0.25, 0.3) is 11.8 Å². The van der Waals surface area contributed by atoms with Crippen LogP contribution in [0.5, 0.6) is 11.5 Å². The van der Waals surface area contributed by atoms with Gasteiger partial charge in [0.05, 0.1) is 18.5 Å². The zero-order chi connectivity index (χ0) is 18.8. The lowest BCUT2D eigenvalue weighted by atomic mass is 10.1. The molecule has 0 fully saturated rings. The van der Waals surface area contributed by atoms with Crippen molar-refractivity contribution in [3.05, 3.63) is 54.2 Å². The molecule has 1 aliphatic rings. The first-order valence-electron chi connectivity index (χ1n) is 8.12. The molecule has 27 heavy (non-hydrogen) atoms. The predicted octanol–water partition coefficient (Wildman–Crippen LogP) is 2.93. The molecule has 0 spiro atoms. The average molecular weight is 365 g/mol. The number of anilines is 2. The van der Waals surface area contributed by atoms with Gasteiger partial charge in [-0.25, -0.2) is 0 Å². The lowest BCUT2D eigenvalue weighted by Crippen LogP contribution is -2.26. The summed E-state index contributed by atoms with van der Waals surface area (Å²) in [6, 6.07) is 13.9. The summed E-state index contributed by atoms with van der Waals surface area (Å²) in [7, 11) is 1.57. The minimum Gasteiger partial charge on any atom is -0.497 e. The van der Waals surface area contributed by atoms with Crippen LogP contribution < -0.4 is 20.1 Å². The second-order valence-electron chi connectivity index (χ2n) is 5.78. The van der Waals surface area contributed by atoms with E-state index in [0.29, 0.717) is 28.6 Å². The van der Waals surface area contributed by atoms with Crippen LogP contribution in [0.2, 0.25) is 0 Å². The van der Waals surface area contributed by atoms with Crippen LogP contribution in [-0.4, -0.2) is 30.7 Å². The van der Waals surface area contributed by atoms with Gasteiger partial charge < -0.3 is 24.6 Å². The molecule has 8 nitrogen and oxygen atoms in total. The first-order chi connectivity index (χ1) is 13.1. The Morgan fingerprint density at radius 3 is 2.93 bits per heavy atom. The van der Waals surface area contributed by atoms with Crippen LogP contribution in [0.15, 0.2) is 53.1 Å². The van der Waals surface area contributed by atoms with Crippen LogP contribution >= 0.6 is 0 Å². The SMILES string of the molecule is COc1cccc(-c2cc(C(=O)Nc3cccc4c3OCC(=O)N4)no2)c1. The fourth-order valence-corrected chi connectivity index (χ4v) is 2.69. The van der Waals surface area contributed by atoms with E-state index in [2.05, 4.69) is 15.8 Å². The third-order valence-electron chi connectivity index (χ3n) is 3.98. The normalized spacial score (nSPS) is 12.6. The maximum atomic E-state index is 12.5. The molecule has 0 unspecified atom stereocenters. The molecule has 4 rings (SSSR count). The Hall–Kier alpha value is -3.81. The molecule has 0 saturated heterocycles. The number of hydrogen-bond acceptors (Lipinski definition) is 6. The number of aromatic nitrogens is 1. The van der Waals surface area contributed by atoms with Gasteiger partial charge >= 0.3 is 0 Å². The number of rotatable bonds is 4. The van der Waals surface area contributed by atoms with Crippen LogP contribution in [0, 0.1) is 0 Å². The maximum absolute atomic E-state index is 12.5. The molecule has 8 heteroatoms. The average Bonchev–Trinajstić information content (AvgIpc) is 3.18. The molecule has 1 aliphatic heterocycles. The molecule has 0 aliphatic carbocycles. The number of benzene rings is 2. The van der Waals surface area contributed by atoms with E-state index in [9.17, 15) is 9.59 Å². The van der Waals surface area contributed by atoms with Crippen molar-refractivity contribution in [2.24, 2.45) is 0 Å². The molecule has 2 aromatic carbocycles. The van der Waals surface area contributed by atoms with Gasteiger partial charge in [0.15, 0.2) is 23.8 Å². The van der Waals surface area contributed by atoms with E-state index in [1.165, 1.54) is 0 Å². The Morgan fingerprint density at radius 2 is 2.07 bits per heavy atom. The van der Waals surface area contributed by atoms with E-state index in [-0.39, 0.29) is 18.2 Å². The summed E-state index contributed by atoms with van der Waals surface area (Å²) in [5.74, 6) is 0.817. The van der Waals surface area contributed by atoms with Crippen molar-refractivity contribution >= 4 is 23.2 Å². The van der Waals surface area contributed by atoms with Crippen LogP contribution in [-0.2, 0) is 4.79 Å². The lowest BCUT2D eigenvalue weighted by molar-refractivity contribution is -0.118. The summed E-state index contributed by atoms with van der Waals surface area (Å²) in [4.78, 5) is 23.9. The Morgan fingerprint density at radius 1 is 1.22 bits per heavy atom. The highest BCUT2D eigenvalue weighted by Gasteiger charge is 2.21. The van der Waals surface area contributed by atoms with Gasteiger partial charge in [0, 0.05) is 11.6 Å². The topological polar surface area (TPSA) is 103 Å². The molecule has 2 heterocycles. The predicted molar refractivity (Wildman–Crippen MR) is 97.0 cm³/mol. The van der Waals surface area contributed by atoms with E-state index in [1.54, 1.807) is 37.4 Å². The number of ether oxygens (including phenoxy) is 2. The van der Waals surface area contributed by atoms with Crippen LogP contribution in [0.3, 0.4) is 0 Å². The molecule has 0 radical (unpaired) electrons. The molecule has 2 N–H and O–H groups in total. The summed E-state index contributed by atoms with van der Waals surface area (Å²) in [5, 5.41) is 9.24. The maximum Gasteiger partial charge on any atom is 0.277 e. The Kier molecular flexibility index (Phi) is 4.21. The number of fused-ring (bicyclic) bond motifs is 1. The van der Waals surface area contributed by atoms with Crippen LogP contribution in [0.25, 0.3) is 11.3 Å². The number of hydrogen-bond donors (Lipinski definition) is 2. The number of amides is 2. The van der Waals surface area contributed by atoms with Gasteiger partial charge in [-0.2, -0.15) is 0 Å².